The first-order chi connectivity index (χ1) is 13.8. The zero-order valence-electron chi connectivity index (χ0n) is 16.1. The van der Waals surface area contributed by atoms with Crippen molar-refractivity contribution in [1.82, 2.24) is 0 Å². The van der Waals surface area contributed by atoms with E-state index in [9.17, 15) is 18.0 Å². The normalized spacial score (nSPS) is 26.6. The van der Waals surface area contributed by atoms with E-state index in [2.05, 4.69) is 0 Å². The second kappa shape index (κ2) is 7.47. The second-order valence-corrected chi connectivity index (χ2v) is 8.85. The Balaban J connectivity index is 1.53. The number of cyclic esters (lactones) is 1. The van der Waals surface area contributed by atoms with Crippen LogP contribution >= 0.6 is 0 Å². The molecule has 0 N–H and O–H groups in total. The third-order valence-corrected chi connectivity index (χ3v) is 5.86. The number of carbonyl (C=O) groups is 2. The van der Waals surface area contributed by atoms with Crippen molar-refractivity contribution in [2.75, 3.05) is 42.9 Å². The fourth-order valence-electron chi connectivity index (χ4n) is 3.80. The zero-order valence-corrected chi connectivity index (χ0v) is 16.9. The molecule has 0 bridgehead atoms. The van der Waals surface area contributed by atoms with Crippen LogP contribution in [0.1, 0.15) is 12.8 Å². The summed E-state index contributed by atoms with van der Waals surface area (Å²) < 4.78 is 43.6. The molecule has 4 rings (SSSR count). The van der Waals surface area contributed by atoms with Crippen molar-refractivity contribution in [3.8, 4) is 5.75 Å². The molecule has 0 spiro atoms. The number of rotatable bonds is 5. The van der Waals surface area contributed by atoms with Gasteiger partial charge in [0, 0.05) is 25.4 Å². The summed E-state index contributed by atoms with van der Waals surface area (Å²) in [4.78, 5) is 27.9. The number of ether oxygens (including phenoxy) is 3. The maximum atomic E-state index is 12.4. The van der Waals surface area contributed by atoms with Gasteiger partial charge < -0.3 is 19.1 Å². The molecule has 10 nitrogen and oxygen atoms in total. The maximum Gasteiger partial charge on any atom is 0.415 e. The number of piperidine rings is 1. The smallest absolute Gasteiger partial charge is 0.415 e. The van der Waals surface area contributed by atoms with Crippen LogP contribution in [-0.2, 0) is 28.6 Å². The molecule has 29 heavy (non-hydrogen) atoms. The van der Waals surface area contributed by atoms with Crippen LogP contribution in [0.2, 0.25) is 0 Å². The van der Waals surface area contributed by atoms with Crippen LogP contribution in [0, 0.1) is 0 Å². The van der Waals surface area contributed by atoms with Gasteiger partial charge in [0.25, 0.3) is 10.1 Å². The Morgan fingerprint density at radius 3 is 2.76 bits per heavy atom. The zero-order chi connectivity index (χ0) is 20.8. The Hall–Kier alpha value is -2.37. The van der Waals surface area contributed by atoms with E-state index in [-0.39, 0.29) is 25.2 Å². The molecule has 3 aliphatic rings. The number of methoxy groups -OCH3 is 1. The molecule has 0 aliphatic carbocycles. The summed E-state index contributed by atoms with van der Waals surface area (Å²) in [5.74, 6) is 0.428. The number of nitrogens with zero attached hydrogens (tertiary/aromatic N) is 2. The van der Waals surface area contributed by atoms with Gasteiger partial charge in [-0.2, -0.15) is 8.42 Å². The van der Waals surface area contributed by atoms with Crippen LogP contribution in [0.5, 0.6) is 5.75 Å². The van der Waals surface area contributed by atoms with Crippen molar-refractivity contribution in [2.45, 2.75) is 31.1 Å². The van der Waals surface area contributed by atoms with Gasteiger partial charge in [-0.25, -0.2) is 4.79 Å². The SMILES string of the molecule is CO[C@@H]1CCN(c2ccc3c(c2)OC[C@H]2[C@H](COS(C)(=O)=O)OC(=O)N32)C(=O)C1. The molecule has 2 fully saturated rings. The third-order valence-electron chi connectivity index (χ3n) is 5.29. The number of fused-ring (bicyclic) bond motifs is 3. The van der Waals surface area contributed by atoms with Gasteiger partial charge in [-0.05, 0) is 18.6 Å². The highest BCUT2D eigenvalue weighted by molar-refractivity contribution is 7.85. The van der Waals surface area contributed by atoms with Crippen LogP contribution in [0.3, 0.4) is 0 Å². The van der Waals surface area contributed by atoms with E-state index in [1.54, 1.807) is 30.2 Å². The number of amides is 2. The number of carbonyl (C=O) groups excluding carboxylic acids is 2. The lowest BCUT2D eigenvalue weighted by atomic mass is 10.0. The molecule has 0 saturated carbocycles. The molecule has 0 radical (unpaired) electrons. The monoisotopic (exact) mass is 426 g/mol. The molecular weight excluding hydrogens is 404 g/mol. The Bertz CT molecular complexity index is 934. The molecule has 0 aromatic heterocycles. The molecule has 1 aromatic carbocycles. The Kier molecular flexibility index (Phi) is 5.13. The molecule has 3 atom stereocenters. The molecule has 1 aromatic rings. The predicted octanol–water partition coefficient (Wildman–Crippen LogP) is 0.891. The van der Waals surface area contributed by atoms with Gasteiger partial charge in [-0.3, -0.25) is 13.9 Å². The number of benzene rings is 1. The number of anilines is 2. The highest BCUT2D eigenvalue weighted by atomic mass is 32.2. The molecule has 3 aliphatic heterocycles. The summed E-state index contributed by atoms with van der Waals surface area (Å²) in [7, 11) is -2.06. The Morgan fingerprint density at radius 1 is 1.28 bits per heavy atom. The van der Waals surface area contributed by atoms with Crippen molar-refractivity contribution >= 4 is 33.5 Å². The average Bonchev–Trinajstić information content (AvgIpc) is 3.01. The van der Waals surface area contributed by atoms with E-state index in [4.69, 9.17) is 18.4 Å². The summed E-state index contributed by atoms with van der Waals surface area (Å²) in [6, 6.07) is 4.68. The van der Waals surface area contributed by atoms with Crippen LogP contribution < -0.4 is 14.5 Å². The van der Waals surface area contributed by atoms with Crippen molar-refractivity contribution < 1.29 is 36.4 Å². The van der Waals surface area contributed by atoms with Crippen LogP contribution in [0.15, 0.2) is 18.2 Å². The van der Waals surface area contributed by atoms with Gasteiger partial charge in [0.2, 0.25) is 5.91 Å². The van der Waals surface area contributed by atoms with Gasteiger partial charge in [0.15, 0.2) is 6.10 Å². The fourth-order valence-corrected chi connectivity index (χ4v) is 4.18. The summed E-state index contributed by atoms with van der Waals surface area (Å²) in [5.41, 5.74) is 1.20. The quantitative estimate of drug-likeness (QED) is 0.638. The van der Waals surface area contributed by atoms with Gasteiger partial charge in [0.1, 0.15) is 25.0 Å². The first-order valence-corrected chi connectivity index (χ1v) is 11.0. The molecule has 2 saturated heterocycles. The lowest BCUT2D eigenvalue weighted by Crippen LogP contribution is -2.46. The van der Waals surface area contributed by atoms with Crippen LogP contribution in [0.25, 0.3) is 0 Å². The van der Waals surface area contributed by atoms with Crippen LogP contribution in [0.4, 0.5) is 16.2 Å². The van der Waals surface area contributed by atoms with Crippen molar-refractivity contribution in [2.24, 2.45) is 0 Å². The highest BCUT2D eigenvalue weighted by Crippen LogP contribution is 2.41. The molecule has 0 unspecified atom stereocenters. The third kappa shape index (κ3) is 3.89. The van der Waals surface area contributed by atoms with E-state index in [0.717, 1.165) is 12.7 Å². The Labute approximate surface area is 168 Å². The first kappa shape index (κ1) is 19.9. The molecule has 11 heteroatoms. The van der Waals surface area contributed by atoms with E-state index in [1.807, 2.05) is 0 Å². The highest BCUT2D eigenvalue weighted by Gasteiger charge is 2.47. The molecule has 2 amide bonds. The van der Waals surface area contributed by atoms with E-state index >= 15 is 0 Å². The minimum absolute atomic E-state index is 0.0321. The van der Waals surface area contributed by atoms with Gasteiger partial charge in [0.05, 0.1) is 24.5 Å². The summed E-state index contributed by atoms with van der Waals surface area (Å²) >= 11 is 0. The maximum absolute atomic E-state index is 12.4. The minimum Gasteiger partial charge on any atom is -0.489 e. The molecule has 158 valence electrons. The molecular formula is C18H22N2O8S. The van der Waals surface area contributed by atoms with Gasteiger partial charge >= 0.3 is 6.09 Å². The lowest BCUT2D eigenvalue weighted by Gasteiger charge is -2.34. The summed E-state index contributed by atoms with van der Waals surface area (Å²) in [5, 5.41) is 0. The predicted molar refractivity (Wildman–Crippen MR) is 102 cm³/mol. The number of hydrogen-bond acceptors (Lipinski definition) is 8. The van der Waals surface area contributed by atoms with Crippen LogP contribution in [-0.4, -0.2) is 71.8 Å². The second-order valence-electron chi connectivity index (χ2n) is 7.21. The van der Waals surface area contributed by atoms with Crippen molar-refractivity contribution in [3.05, 3.63) is 18.2 Å². The van der Waals surface area contributed by atoms with Crippen molar-refractivity contribution in [3.63, 3.8) is 0 Å². The topological polar surface area (TPSA) is 112 Å². The largest absolute Gasteiger partial charge is 0.489 e. The number of hydrogen-bond donors (Lipinski definition) is 0. The summed E-state index contributed by atoms with van der Waals surface area (Å²) in [6.45, 7) is 0.389. The first-order valence-electron chi connectivity index (χ1n) is 9.21. The lowest BCUT2D eigenvalue weighted by molar-refractivity contribution is -0.122. The molecule has 3 heterocycles. The minimum atomic E-state index is -3.65. The Morgan fingerprint density at radius 2 is 2.07 bits per heavy atom. The van der Waals surface area contributed by atoms with E-state index in [0.29, 0.717) is 30.1 Å². The fraction of sp³-hybridized carbons (Fsp3) is 0.556. The summed E-state index contributed by atoms with van der Waals surface area (Å²) in [6.07, 6.45) is 0.566. The van der Waals surface area contributed by atoms with E-state index in [1.165, 1.54) is 4.90 Å². The standard InChI is InChI=1S/C18H22N2O8S/c1-25-12-5-6-19(17(21)8-12)11-3-4-13-15(7-11)26-9-14-16(10-27-29(2,23)24)28-18(22)20(13)14/h3-4,7,12,14,16H,5-6,8-10H2,1-2H3/t12-,14+,16+/m1/s1. The van der Waals surface area contributed by atoms with E-state index < -0.39 is 28.4 Å². The van der Waals surface area contributed by atoms with Gasteiger partial charge in [-0.1, -0.05) is 0 Å². The average molecular weight is 426 g/mol. The van der Waals surface area contributed by atoms with Crippen molar-refractivity contribution in [1.29, 1.82) is 0 Å². The van der Waals surface area contributed by atoms with Gasteiger partial charge in [-0.15, -0.1) is 0 Å².